The van der Waals surface area contributed by atoms with Crippen molar-refractivity contribution in [2.24, 2.45) is 0 Å². The quantitative estimate of drug-likeness (QED) is 0.755. The fourth-order valence-corrected chi connectivity index (χ4v) is 2.26. The predicted octanol–water partition coefficient (Wildman–Crippen LogP) is 1.65. The number of morpholine rings is 1. The molecule has 4 heteroatoms. The highest BCUT2D eigenvalue weighted by molar-refractivity contribution is 5.98. The Kier molecular flexibility index (Phi) is 2.57. The van der Waals surface area contributed by atoms with Crippen LogP contribution >= 0.6 is 0 Å². The van der Waals surface area contributed by atoms with Crippen LogP contribution in [0.15, 0.2) is 30.5 Å². The number of aromatic nitrogens is 1. The fraction of sp³-hybridized carbons (Fsp3) is 0.308. The van der Waals surface area contributed by atoms with E-state index in [4.69, 9.17) is 10.5 Å². The van der Waals surface area contributed by atoms with Crippen molar-refractivity contribution in [3.05, 3.63) is 30.5 Å². The van der Waals surface area contributed by atoms with E-state index in [1.165, 1.54) is 5.69 Å². The van der Waals surface area contributed by atoms with Gasteiger partial charge < -0.3 is 15.4 Å². The largest absolute Gasteiger partial charge is 0.397 e. The van der Waals surface area contributed by atoms with Crippen molar-refractivity contribution in [1.29, 1.82) is 0 Å². The molecule has 1 fully saturated rings. The summed E-state index contributed by atoms with van der Waals surface area (Å²) < 4.78 is 5.38. The first-order chi connectivity index (χ1) is 8.36. The van der Waals surface area contributed by atoms with Crippen molar-refractivity contribution < 1.29 is 4.74 Å². The molecule has 0 unspecified atom stereocenters. The van der Waals surface area contributed by atoms with E-state index in [1.807, 2.05) is 24.4 Å². The van der Waals surface area contributed by atoms with Crippen molar-refractivity contribution >= 4 is 22.3 Å². The molecule has 4 nitrogen and oxygen atoms in total. The van der Waals surface area contributed by atoms with Crippen LogP contribution in [-0.4, -0.2) is 31.3 Å². The van der Waals surface area contributed by atoms with Gasteiger partial charge in [-0.1, -0.05) is 12.1 Å². The summed E-state index contributed by atoms with van der Waals surface area (Å²) >= 11 is 0. The minimum Gasteiger partial charge on any atom is -0.397 e. The van der Waals surface area contributed by atoms with Gasteiger partial charge in [-0.05, 0) is 12.1 Å². The molecule has 0 bridgehead atoms. The van der Waals surface area contributed by atoms with Crippen LogP contribution in [0.3, 0.4) is 0 Å². The lowest BCUT2D eigenvalue weighted by molar-refractivity contribution is 0.123. The molecule has 3 rings (SSSR count). The first-order valence-electron chi connectivity index (χ1n) is 5.82. The number of hydrogen-bond acceptors (Lipinski definition) is 4. The van der Waals surface area contributed by atoms with Gasteiger partial charge in [0.05, 0.1) is 24.4 Å². The zero-order valence-corrected chi connectivity index (χ0v) is 9.60. The van der Waals surface area contributed by atoms with E-state index in [2.05, 4.69) is 16.0 Å². The van der Waals surface area contributed by atoms with Crippen molar-refractivity contribution in [3.8, 4) is 0 Å². The fourth-order valence-electron chi connectivity index (χ4n) is 2.26. The van der Waals surface area contributed by atoms with Gasteiger partial charge in [0.25, 0.3) is 0 Å². The summed E-state index contributed by atoms with van der Waals surface area (Å²) in [5, 5.41) is 1.12. The number of nitrogen functional groups attached to an aromatic ring is 1. The number of hydrogen-bond donors (Lipinski definition) is 1. The van der Waals surface area contributed by atoms with Crippen molar-refractivity contribution in [2.75, 3.05) is 36.9 Å². The number of anilines is 2. The first-order valence-corrected chi connectivity index (χ1v) is 5.82. The standard InChI is InChI=1S/C13H15N3O/c14-11-3-1-2-10-12(4-5-15-13(10)11)16-6-8-17-9-7-16/h1-5H,6-9,14H2. The third kappa shape index (κ3) is 1.80. The van der Waals surface area contributed by atoms with Gasteiger partial charge in [0, 0.05) is 30.4 Å². The van der Waals surface area contributed by atoms with Gasteiger partial charge in [0.15, 0.2) is 0 Å². The molecule has 1 aliphatic heterocycles. The molecule has 0 spiro atoms. The topological polar surface area (TPSA) is 51.4 Å². The van der Waals surface area contributed by atoms with E-state index in [0.29, 0.717) is 0 Å². The summed E-state index contributed by atoms with van der Waals surface area (Å²) in [4.78, 5) is 6.68. The molecule has 1 aromatic carbocycles. The molecule has 0 aliphatic carbocycles. The number of fused-ring (bicyclic) bond motifs is 1. The van der Waals surface area contributed by atoms with Gasteiger partial charge in [0.2, 0.25) is 0 Å². The van der Waals surface area contributed by atoms with E-state index in [-0.39, 0.29) is 0 Å². The summed E-state index contributed by atoms with van der Waals surface area (Å²) in [5.41, 5.74) is 8.77. The summed E-state index contributed by atoms with van der Waals surface area (Å²) in [6.45, 7) is 3.42. The minimum atomic E-state index is 0.734. The minimum absolute atomic E-state index is 0.734. The number of nitrogens with two attached hydrogens (primary N) is 1. The molecular weight excluding hydrogens is 214 g/mol. The maximum absolute atomic E-state index is 5.95. The average molecular weight is 229 g/mol. The highest BCUT2D eigenvalue weighted by Crippen LogP contribution is 2.28. The van der Waals surface area contributed by atoms with Gasteiger partial charge >= 0.3 is 0 Å². The second-order valence-electron chi connectivity index (χ2n) is 4.17. The van der Waals surface area contributed by atoms with Crippen LogP contribution in [0.1, 0.15) is 0 Å². The molecular formula is C13H15N3O. The number of pyridine rings is 1. The van der Waals surface area contributed by atoms with E-state index >= 15 is 0 Å². The van der Waals surface area contributed by atoms with Crippen LogP contribution < -0.4 is 10.6 Å². The van der Waals surface area contributed by atoms with Crippen LogP contribution in [0.2, 0.25) is 0 Å². The molecule has 1 saturated heterocycles. The molecule has 2 N–H and O–H groups in total. The highest BCUT2D eigenvalue weighted by atomic mass is 16.5. The summed E-state index contributed by atoms with van der Waals surface area (Å²) in [5.74, 6) is 0. The number of nitrogens with zero attached hydrogens (tertiary/aromatic N) is 2. The normalized spacial score (nSPS) is 16.4. The summed E-state index contributed by atoms with van der Waals surface area (Å²) in [6, 6.07) is 7.98. The second kappa shape index (κ2) is 4.22. The van der Waals surface area contributed by atoms with Crippen LogP contribution in [0.4, 0.5) is 11.4 Å². The van der Waals surface area contributed by atoms with Crippen LogP contribution in [0.25, 0.3) is 10.9 Å². The van der Waals surface area contributed by atoms with Crippen LogP contribution in [0, 0.1) is 0 Å². The highest BCUT2D eigenvalue weighted by Gasteiger charge is 2.14. The van der Waals surface area contributed by atoms with Crippen molar-refractivity contribution in [1.82, 2.24) is 4.98 Å². The number of benzene rings is 1. The Hall–Kier alpha value is -1.81. The van der Waals surface area contributed by atoms with E-state index in [1.54, 1.807) is 0 Å². The molecule has 0 amide bonds. The zero-order chi connectivity index (χ0) is 11.7. The van der Waals surface area contributed by atoms with Crippen LogP contribution in [-0.2, 0) is 4.74 Å². The Balaban J connectivity index is 2.12. The third-order valence-electron chi connectivity index (χ3n) is 3.13. The lowest BCUT2D eigenvalue weighted by Crippen LogP contribution is -2.36. The average Bonchev–Trinajstić information content (AvgIpc) is 2.40. The smallest absolute Gasteiger partial charge is 0.0951 e. The van der Waals surface area contributed by atoms with Crippen molar-refractivity contribution in [3.63, 3.8) is 0 Å². The molecule has 2 heterocycles. The monoisotopic (exact) mass is 229 g/mol. The lowest BCUT2D eigenvalue weighted by Gasteiger charge is -2.29. The van der Waals surface area contributed by atoms with Gasteiger partial charge in [-0.15, -0.1) is 0 Å². The Labute approximate surface area is 100.0 Å². The summed E-state index contributed by atoms with van der Waals surface area (Å²) in [7, 11) is 0. The summed E-state index contributed by atoms with van der Waals surface area (Å²) in [6.07, 6.45) is 1.82. The van der Waals surface area contributed by atoms with Crippen molar-refractivity contribution in [2.45, 2.75) is 0 Å². The number of ether oxygens (including phenoxy) is 1. The first kappa shape index (κ1) is 10.4. The van der Waals surface area contributed by atoms with Gasteiger partial charge in [-0.2, -0.15) is 0 Å². The Morgan fingerprint density at radius 1 is 1.18 bits per heavy atom. The Morgan fingerprint density at radius 3 is 2.82 bits per heavy atom. The second-order valence-corrected chi connectivity index (χ2v) is 4.17. The van der Waals surface area contributed by atoms with Crippen LogP contribution in [0.5, 0.6) is 0 Å². The van der Waals surface area contributed by atoms with E-state index in [0.717, 1.165) is 42.9 Å². The maximum atomic E-state index is 5.95. The van der Waals surface area contributed by atoms with Gasteiger partial charge in [-0.3, -0.25) is 4.98 Å². The lowest BCUT2D eigenvalue weighted by atomic mass is 10.1. The molecule has 17 heavy (non-hydrogen) atoms. The maximum Gasteiger partial charge on any atom is 0.0951 e. The SMILES string of the molecule is Nc1cccc2c(N3CCOCC3)ccnc12. The predicted molar refractivity (Wildman–Crippen MR) is 69.2 cm³/mol. The third-order valence-corrected chi connectivity index (χ3v) is 3.13. The van der Waals surface area contributed by atoms with E-state index in [9.17, 15) is 0 Å². The molecule has 1 aromatic heterocycles. The molecule has 1 aliphatic rings. The number of rotatable bonds is 1. The van der Waals surface area contributed by atoms with E-state index < -0.39 is 0 Å². The molecule has 88 valence electrons. The Morgan fingerprint density at radius 2 is 2.00 bits per heavy atom. The zero-order valence-electron chi connectivity index (χ0n) is 9.60. The molecule has 2 aromatic rings. The van der Waals surface area contributed by atoms with Gasteiger partial charge in [0.1, 0.15) is 0 Å². The molecule has 0 saturated carbocycles. The molecule has 0 atom stereocenters. The number of para-hydroxylation sites is 1. The molecule has 0 radical (unpaired) electrons. The van der Waals surface area contributed by atoms with Gasteiger partial charge in [-0.25, -0.2) is 0 Å². The Bertz CT molecular complexity index is 535.